The number of hydrogen-bond donors (Lipinski definition) is 1. The van der Waals surface area contributed by atoms with Crippen LogP contribution >= 0.6 is 0 Å². The summed E-state index contributed by atoms with van der Waals surface area (Å²) in [6.45, 7) is 4.29. The van der Waals surface area contributed by atoms with Gasteiger partial charge in [0.1, 0.15) is 6.17 Å². The van der Waals surface area contributed by atoms with E-state index in [0.29, 0.717) is 0 Å². The van der Waals surface area contributed by atoms with Crippen LogP contribution in [0.2, 0.25) is 0 Å². The largest absolute Gasteiger partial charge is 0.393 e. The van der Waals surface area contributed by atoms with Crippen molar-refractivity contribution < 1.29 is 9.50 Å². The summed E-state index contributed by atoms with van der Waals surface area (Å²) >= 11 is 0. The normalized spacial score (nSPS) is 52.0. The third-order valence-electron chi connectivity index (χ3n) is 7.34. The van der Waals surface area contributed by atoms with E-state index in [1.165, 1.54) is 38.5 Å². The molecule has 3 atom stereocenters. The molecule has 21 heavy (non-hydrogen) atoms. The van der Waals surface area contributed by atoms with Crippen molar-refractivity contribution >= 4 is 0 Å². The highest BCUT2D eigenvalue weighted by Crippen LogP contribution is 2.54. The Labute approximate surface area is 129 Å². The Bertz CT molecular complexity index is 339. The van der Waals surface area contributed by atoms with Gasteiger partial charge in [-0.3, -0.25) is 0 Å². The van der Waals surface area contributed by atoms with Gasteiger partial charge >= 0.3 is 0 Å². The second kappa shape index (κ2) is 6.18. The van der Waals surface area contributed by atoms with Crippen LogP contribution in [0.1, 0.15) is 78.1 Å². The van der Waals surface area contributed by atoms with E-state index in [4.69, 9.17) is 0 Å². The van der Waals surface area contributed by atoms with Crippen molar-refractivity contribution in [3.63, 3.8) is 0 Å². The van der Waals surface area contributed by atoms with Gasteiger partial charge in [0.2, 0.25) is 0 Å². The molecule has 0 aromatic carbocycles. The molecule has 2 heteroatoms. The molecule has 1 spiro atoms. The first-order valence-electron chi connectivity index (χ1n) is 9.34. The van der Waals surface area contributed by atoms with Crippen LogP contribution in [0.3, 0.4) is 0 Å². The second-order valence-corrected chi connectivity index (χ2v) is 8.59. The molecule has 3 unspecified atom stereocenters. The molecule has 0 aliphatic heterocycles. The molecule has 0 amide bonds. The number of rotatable bonds is 1. The van der Waals surface area contributed by atoms with Crippen LogP contribution < -0.4 is 0 Å². The molecule has 0 saturated heterocycles. The third-order valence-corrected chi connectivity index (χ3v) is 7.34. The average Bonchev–Trinajstić information content (AvgIpc) is 2.51. The van der Waals surface area contributed by atoms with E-state index in [1.807, 2.05) is 6.92 Å². The predicted molar refractivity (Wildman–Crippen MR) is 84.8 cm³/mol. The van der Waals surface area contributed by atoms with Gasteiger partial charge in [0.15, 0.2) is 0 Å². The van der Waals surface area contributed by atoms with Gasteiger partial charge in [-0.2, -0.15) is 0 Å². The Morgan fingerprint density at radius 2 is 1.33 bits per heavy atom. The predicted octanol–water partition coefficient (Wildman–Crippen LogP) is 5.12. The van der Waals surface area contributed by atoms with E-state index < -0.39 is 12.3 Å². The van der Waals surface area contributed by atoms with Crippen LogP contribution in [0.25, 0.3) is 0 Å². The van der Waals surface area contributed by atoms with Crippen LogP contribution in [-0.2, 0) is 0 Å². The highest BCUT2D eigenvalue weighted by atomic mass is 19.1. The lowest BCUT2D eigenvalue weighted by molar-refractivity contribution is -0.0842. The van der Waals surface area contributed by atoms with Crippen LogP contribution in [0.15, 0.2) is 0 Å². The second-order valence-electron chi connectivity index (χ2n) is 8.59. The van der Waals surface area contributed by atoms with Crippen molar-refractivity contribution in [2.75, 3.05) is 0 Å². The fraction of sp³-hybridized carbons (Fsp3) is 1.00. The van der Waals surface area contributed by atoms with E-state index in [1.54, 1.807) is 0 Å². The number of alkyl halides is 1. The molecule has 0 aromatic heterocycles. The highest BCUT2D eigenvalue weighted by molar-refractivity contribution is 4.99. The minimum absolute atomic E-state index is 0.0862. The Hall–Kier alpha value is -0.110. The Balaban J connectivity index is 1.57. The lowest BCUT2D eigenvalue weighted by atomic mass is 9.57. The van der Waals surface area contributed by atoms with Crippen molar-refractivity contribution in [3.05, 3.63) is 0 Å². The van der Waals surface area contributed by atoms with Gasteiger partial charge in [0.05, 0.1) is 6.10 Å². The number of aliphatic hydroxyl groups is 1. The topological polar surface area (TPSA) is 20.2 Å². The zero-order chi connectivity index (χ0) is 15.0. The van der Waals surface area contributed by atoms with Gasteiger partial charge in [-0.05, 0) is 69.1 Å². The summed E-state index contributed by atoms with van der Waals surface area (Å²) in [4.78, 5) is 0. The van der Waals surface area contributed by atoms with Crippen molar-refractivity contribution in [3.8, 4) is 0 Å². The molecule has 3 rings (SSSR count). The Kier molecular flexibility index (Phi) is 4.64. The van der Waals surface area contributed by atoms with E-state index >= 15 is 0 Å². The Morgan fingerprint density at radius 3 is 1.95 bits per heavy atom. The molecular weight excluding hydrogens is 263 g/mol. The zero-order valence-corrected chi connectivity index (χ0v) is 13.9. The molecule has 122 valence electrons. The number of hydrogen-bond acceptors (Lipinski definition) is 1. The standard InChI is InChI=1S/C19H33FO/c1-13-3-5-15(6-4-13)16-7-10-19(11-8-16)12-9-17(21)14(2)18(19)20/h13-18,21H,3-12H2,1-2H3. The lowest BCUT2D eigenvalue weighted by Gasteiger charge is -2.50. The van der Waals surface area contributed by atoms with E-state index in [0.717, 1.165) is 43.4 Å². The molecule has 3 saturated carbocycles. The molecule has 0 aromatic rings. The fourth-order valence-electron chi connectivity index (χ4n) is 5.56. The maximum absolute atomic E-state index is 14.8. The number of aliphatic hydroxyl groups excluding tert-OH is 1. The molecular formula is C19H33FO. The molecule has 0 heterocycles. The van der Waals surface area contributed by atoms with Gasteiger partial charge in [-0.1, -0.05) is 26.7 Å². The minimum atomic E-state index is -0.784. The summed E-state index contributed by atoms with van der Waals surface area (Å²) in [5.41, 5.74) is -0.0862. The van der Waals surface area contributed by atoms with Crippen LogP contribution in [0.5, 0.6) is 0 Å². The van der Waals surface area contributed by atoms with E-state index in [-0.39, 0.29) is 11.3 Å². The molecule has 3 fully saturated rings. The quantitative estimate of drug-likeness (QED) is 0.712. The molecule has 0 bridgehead atoms. The summed E-state index contributed by atoms with van der Waals surface area (Å²) in [5.74, 6) is 2.54. The van der Waals surface area contributed by atoms with Crippen LogP contribution in [-0.4, -0.2) is 17.4 Å². The Morgan fingerprint density at radius 1 is 0.810 bits per heavy atom. The first-order valence-corrected chi connectivity index (χ1v) is 9.34. The van der Waals surface area contributed by atoms with Gasteiger partial charge in [0, 0.05) is 11.3 Å². The lowest BCUT2D eigenvalue weighted by Crippen LogP contribution is -2.48. The summed E-state index contributed by atoms with van der Waals surface area (Å²) in [6, 6.07) is 0. The summed E-state index contributed by atoms with van der Waals surface area (Å²) in [6.07, 6.45) is 10.8. The SMILES string of the molecule is CC1CCC(C2CCC3(CCC(O)C(C)C3F)CC2)CC1. The van der Waals surface area contributed by atoms with E-state index in [2.05, 4.69) is 6.92 Å². The van der Waals surface area contributed by atoms with Crippen LogP contribution in [0.4, 0.5) is 4.39 Å². The first-order chi connectivity index (χ1) is 10.0. The molecule has 0 radical (unpaired) electrons. The van der Waals surface area contributed by atoms with Crippen molar-refractivity contribution in [1.82, 2.24) is 0 Å². The molecule has 1 N–H and O–H groups in total. The summed E-state index contributed by atoms with van der Waals surface area (Å²) in [7, 11) is 0. The average molecular weight is 296 g/mol. The first kappa shape index (κ1) is 15.8. The van der Waals surface area contributed by atoms with Crippen molar-refractivity contribution in [1.29, 1.82) is 0 Å². The molecule has 1 nitrogen and oxygen atoms in total. The molecule has 3 aliphatic carbocycles. The van der Waals surface area contributed by atoms with Crippen molar-refractivity contribution in [2.24, 2.45) is 29.1 Å². The summed E-state index contributed by atoms with van der Waals surface area (Å²) in [5, 5.41) is 9.90. The zero-order valence-electron chi connectivity index (χ0n) is 13.9. The van der Waals surface area contributed by atoms with Crippen molar-refractivity contribution in [2.45, 2.75) is 90.3 Å². The van der Waals surface area contributed by atoms with E-state index in [9.17, 15) is 9.50 Å². The van der Waals surface area contributed by atoms with Gasteiger partial charge < -0.3 is 5.11 Å². The third kappa shape index (κ3) is 3.02. The maximum atomic E-state index is 14.8. The maximum Gasteiger partial charge on any atom is 0.111 e. The minimum Gasteiger partial charge on any atom is -0.393 e. The molecule has 3 aliphatic rings. The number of halogens is 1. The van der Waals surface area contributed by atoms with Crippen LogP contribution in [0, 0.1) is 29.1 Å². The highest BCUT2D eigenvalue weighted by Gasteiger charge is 2.49. The smallest absolute Gasteiger partial charge is 0.111 e. The van der Waals surface area contributed by atoms with Gasteiger partial charge in [-0.25, -0.2) is 4.39 Å². The summed E-state index contributed by atoms with van der Waals surface area (Å²) < 4.78 is 14.8. The monoisotopic (exact) mass is 296 g/mol. The van der Waals surface area contributed by atoms with Gasteiger partial charge in [-0.15, -0.1) is 0 Å². The fourth-order valence-corrected chi connectivity index (χ4v) is 5.56. The van der Waals surface area contributed by atoms with Gasteiger partial charge in [0.25, 0.3) is 0 Å².